The minimum absolute atomic E-state index is 0.0549. The van der Waals surface area contributed by atoms with Crippen LogP contribution in [0.4, 0.5) is 5.69 Å². The molecule has 2 amide bonds. The van der Waals surface area contributed by atoms with Gasteiger partial charge in [0.2, 0.25) is 5.91 Å². The molecule has 9 heteroatoms. The van der Waals surface area contributed by atoms with Gasteiger partial charge in [-0.3, -0.25) is 14.5 Å². The lowest BCUT2D eigenvalue weighted by Gasteiger charge is -2.14. The number of benzene rings is 2. The van der Waals surface area contributed by atoms with E-state index in [2.05, 4.69) is 5.32 Å². The van der Waals surface area contributed by atoms with Crippen molar-refractivity contribution in [2.75, 3.05) is 26.1 Å². The van der Waals surface area contributed by atoms with Gasteiger partial charge in [-0.05, 0) is 54.8 Å². The Labute approximate surface area is 208 Å². The standard InChI is InChI=1S/C24H25ClN2O4S2/c1-30-19-11-10-16(13-20(19)31-2)14-21-23(29)27(24(32)33-21)12-5-3-4-9-22(28)26-18-8-6-7-17(25)15-18/h6-8,10-11,13-15H,3-5,9,12H2,1-2H3,(H,26,28)/b21-14-. The average molecular weight is 505 g/mol. The molecule has 174 valence electrons. The molecule has 0 atom stereocenters. The summed E-state index contributed by atoms with van der Waals surface area (Å²) in [6, 6.07) is 12.5. The second-order valence-corrected chi connectivity index (χ2v) is 9.43. The van der Waals surface area contributed by atoms with E-state index in [4.69, 9.17) is 33.3 Å². The highest BCUT2D eigenvalue weighted by molar-refractivity contribution is 8.26. The van der Waals surface area contributed by atoms with Gasteiger partial charge in [0.1, 0.15) is 4.32 Å². The number of ether oxygens (including phenoxy) is 2. The molecule has 1 aliphatic heterocycles. The molecule has 2 aromatic rings. The molecule has 0 radical (unpaired) electrons. The Morgan fingerprint density at radius 3 is 2.64 bits per heavy atom. The molecule has 0 aromatic heterocycles. The van der Waals surface area contributed by atoms with Crippen LogP contribution >= 0.6 is 35.6 Å². The number of carbonyl (C=O) groups excluding carboxylic acids is 2. The summed E-state index contributed by atoms with van der Waals surface area (Å²) < 4.78 is 11.1. The molecule has 0 saturated carbocycles. The van der Waals surface area contributed by atoms with Gasteiger partial charge in [0, 0.05) is 23.7 Å². The van der Waals surface area contributed by atoms with E-state index in [1.807, 2.05) is 12.1 Å². The number of nitrogens with zero attached hydrogens (tertiary/aromatic N) is 1. The lowest BCUT2D eigenvalue weighted by atomic mass is 10.1. The molecule has 0 spiro atoms. The Morgan fingerprint density at radius 2 is 1.91 bits per heavy atom. The van der Waals surface area contributed by atoms with E-state index in [9.17, 15) is 9.59 Å². The lowest BCUT2D eigenvalue weighted by molar-refractivity contribution is -0.122. The lowest BCUT2D eigenvalue weighted by Crippen LogP contribution is -2.29. The Balaban J connectivity index is 1.46. The Morgan fingerprint density at radius 1 is 1.12 bits per heavy atom. The van der Waals surface area contributed by atoms with Crippen LogP contribution in [0.25, 0.3) is 6.08 Å². The van der Waals surface area contributed by atoms with Gasteiger partial charge >= 0.3 is 0 Å². The molecule has 3 rings (SSSR count). The molecule has 0 bridgehead atoms. The fourth-order valence-corrected chi connectivity index (χ4v) is 4.81. The van der Waals surface area contributed by atoms with Crippen molar-refractivity contribution in [1.82, 2.24) is 4.90 Å². The third-order valence-corrected chi connectivity index (χ3v) is 6.59. The molecule has 1 N–H and O–H groups in total. The van der Waals surface area contributed by atoms with Crippen LogP contribution in [-0.4, -0.2) is 41.8 Å². The van der Waals surface area contributed by atoms with Gasteiger partial charge in [0.25, 0.3) is 5.91 Å². The number of carbonyl (C=O) groups is 2. The minimum atomic E-state index is -0.0986. The van der Waals surface area contributed by atoms with Crippen LogP contribution in [-0.2, 0) is 9.59 Å². The van der Waals surface area contributed by atoms with Crippen molar-refractivity contribution in [2.24, 2.45) is 0 Å². The quantitative estimate of drug-likeness (QED) is 0.252. The monoisotopic (exact) mass is 504 g/mol. The van der Waals surface area contributed by atoms with E-state index >= 15 is 0 Å². The fraction of sp³-hybridized carbons (Fsp3) is 0.292. The van der Waals surface area contributed by atoms with E-state index < -0.39 is 0 Å². The van der Waals surface area contributed by atoms with Crippen molar-refractivity contribution >= 4 is 63.5 Å². The Hall–Kier alpha value is -2.55. The van der Waals surface area contributed by atoms with Crippen LogP contribution < -0.4 is 14.8 Å². The zero-order valence-corrected chi connectivity index (χ0v) is 20.8. The number of anilines is 1. The second-order valence-electron chi connectivity index (χ2n) is 7.32. The summed E-state index contributed by atoms with van der Waals surface area (Å²) >= 11 is 12.6. The van der Waals surface area contributed by atoms with Crippen LogP contribution in [0.15, 0.2) is 47.4 Å². The molecule has 2 aromatic carbocycles. The Bertz CT molecular complexity index is 1070. The molecule has 0 aliphatic carbocycles. The molecule has 1 aliphatic rings. The van der Waals surface area contributed by atoms with Crippen molar-refractivity contribution < 1.29 is 19.1 Å². The SMILES string of the molecule is COc1ccc(/C=C2\SC(=S)N(CCCCCC(=O)Nc3cccc(Cl)c3)C2=O)cc1OC. The van der Waals surface area contributed by atoms with E-state index in [0.29, 0.717) is 44.4 Å². The topological polar surface area (TPSA) is 67.9 Å². The number of halogens is 1. The molecule has 1 saturated heterocycles. The second kappa shape index (κ2) is 12.1. The number of nitrogens with one attached hydrogen (secondary N) is 1. The zero-order chi connectivity index (χ0) is 23.8. The number of hydrogen-bond acceptors (Lipinski definition) is 6. The number of hydrogen-bond donors (Lipinski definition) is 1. The Kier molecular flexibility index (Phi) is 9.17. The molecule has 1 fully saturated rings. The first kappa shape index (κ1) is 25.1. The molecule has 1 heterocycles. The number of methoxy groups -OCH3 is 2. The molecular formula is C24H25ClN2O4S2. The minimum Gasteiger partial charge on any atom is -0.493 e. The number of unbranched alkanes of at least 4 members (excludes halogenated alkanes) is 2. The first-order valence-electron chi connectivity index (χ1n) is 10.4. The van der Waals surface area contributed by atoms with Gasteiger partial charge < -0.3 is 14.8 Å². The average Bonchev–Trinajstić information content (AvgIpc) is 3.05. The van der Waals surface area contributed by atoms with Crippen molar-refractivity contribution in [1.29, 1.82) is 0 Å². The van der Waals surface area contributed by atoms with Crippen LogP contribution in [0, 0.1) is 0 Å². The highest BCUT2D eigenvalue weighted by Crippen LogP contribution is 2.34. The summed E-state index contributed by atoms with van der Waals surface area (Å²) in [4.78, 5) is 27.1. The number of amides is 2. The van der Waals surface area contributed by atoms with E-state index in [1.165, 1.54) is 11.8 Å². The molecule has 33 heavy (non-hydrogen) atoms. The molecular weight excluding hydrogens is 480 g/mol. The van der Waals surface area contributed by atoms with E-state index in [-0.39, 0.29) is 11.8 Å². The normalized spacial score (nSPS) is 14.6. The fourth-order valence-electron chi connectivity index (χ4n) is 3.31. The van der Waals surface area contributed by atoms with Gasteiger partial charge in [0.15, 0.2) is 11.5 Å². The molecule has 0 unspecified atom stereocenters. The molecule has 6 nitrogen and oxygen atoms in total. The van der Waals surface area contributed by atoms with Crippen LogP contribution in [0.1, 0.15) is 31.2 Å². The first-order chi connectivity index (χ1) is 15.9. The van der Waals surface area contributed by atoms with Crippen LogP contribution in [0.2, 0.25) is 5.02 Å². The summed E-state index contributed by atoms with van der Waals surface area (Å²) in [6.07, 6.45) is 4.52. The highest BCUT2D eigenvalue weighted by atomic mass is 35.5. The van der Waals surface area contributed by atoms with E-state index in [0.717, 1.165) is 24.8 Å². The van der Waals surface area contributed by atoms with Crippen LogP contribution in [0.3, 0.4) is 0 Å². The third-order valence-electron chi connectivity index (χ3n) is 4.97. The van der Waals surface area contributed by atoms with Gasteiger partial charge in [-0.25, -0.2) is 0 Å². The predicted octanol–water partition coefficient (Wildman–Crippen LogP) is 5.76. The van der Waals surface area contributed by atoms with Gasteiger partial charge in [0.05, 0.1) is 19.1 Å². The smallest absolute Gasteiger partial charge is 0.266 e. The van der Waals surface area contributed by atoms with Crippen molar-refractivity contribution in [3.63, 3.8) is 0 Å². The summed E-state index contributed by atoms with van der Waals surface area (Å²) in [5.74, 6) is 1.07. The number of thioether (sulfide) groups is 1. The van der Waals surface area contributed by atoms with Gasteiger partial charge in [-0.1, -0.05) is 54.1 Å². The third kappa shape index (κ3) is 6.96. The van der Waals surface area contributed by atoms with Crippen molar-refractivity contribution in [3.05, 3.63) is 58.0 Å². The summed E-state index contributed by atoms with van der Waals surface area (Å²) in [6.45, 7) is 0.532. The summed E-state index contributed by atoms with van der Waals surface area (Å²) in [7, 11) is 3.15. The van der Waals surface area contributed by atoms with Crippen LogP contribution in [0.5, 0.6) is 11.5 Å². The maximum atomic E-state index is 12.8. The largest absolute Gasteiger partial charge is 0.493 e. The number of rotatable bonds is 10. The van der Waals surface area contributed by atoms with Gasteiger partial charge in [-0.15, -0.1) is 0 Å². The number of thiocarbonyl (C=S) groups is 1. The zero-order valence-electron chi connectivity index (χ0n) is 18.4. The van der Waals surface area contributed by atoms with Crippen molar-refractivity contribution in [3.8, 4) is 11.5 Å². The maximum Gasteiger partial charge on any atom is 0.266 e. The predicted molar refractivity (Wildman–Crippen MR) is 138 cm³/mol. The first-order valence-corrected chi connectivity index (χ1v) is 12.0. The summed E-state index contributed by atoms with van der Waals surface area (Å²) in [5.41, 5.74) is 1.52. The maximum absolute atomic E-state index is 12.8. The highest BCUT2D eigenvalue weighted by Gasteiger charge is 2.31. The van der Waals surface area contributed by atoms with Gasteiger partial charge in [-0.2, -0.15) is 0 Å². The van der Waals surface area contributed by atoms with Crippen molar-refractivity contribution in [2.45, 2.75) is 25.7 Å². The summed E-state index contributed by atoms with van der Waals surface area (Å²) in [5, 5.41) is 3.42. The van der Waals surface area contributed by atoms with E-state index in [1.54, 1.807) is 55.5 Å².